The van der Waals surface area contributed by atoms with E-state index >= 15 is 0 Å². The first kappa shape index (κ1) is 14.5. The van der Waals surface area contributed by atoms with E-state index in [-0.39, 0.29) is 18.0 Å². The van der Waals surface area contributed by atoms with Gasteiger partial charge in [-0.15, -0.1) is 0 Å². The molecule has 1 aromatic heterocycles. The van der Waals surface area contributed by atoms with Crippen molar-refractivity contribution in [1.29, 1.82) is 0 Å². The molecule has 1 heterocycles. The molecule has 0 radical (unpaired) electrons. The number of hydrogen-bond donors (Lipinski definition) is 0. The van der Waals surface area contributed by atoms with Crippen molar-refractivity contribution in [3.63, 3.8) is 0 Å². The normalized spacial score (nSPS) is 11.4. The van der Waals surface area contributed by atoms with Gasteiger partial charge >= 0.3 is 0 Å². The topological polar surface area (TPSA) is 69.0 Å². The molecular formula is C14H16N2O3S. The van der Waals surface area contributed by atoms with Crippen LogP contribution in [-0.2, 0) is 9.84 Å². The molecule has 20 heavy (non-hydrogen) atoms. The number of hydrogen-bond acceptors (Lipinski definition) is 4. The maximum Gasteiger partial charge on any atom is 0.166 e. The van der Waals surface area contributed by atoms with E-state index in [4.69, 9.17) is 0 Å². The zero-order valence-corrected chi connectivity index (χ0v) is 12.0. The molecule has 5 nitrogen and oxygen atoms in total. The Labute approximate surface area is 118 Å². The first-order valence-corrected chi connectivity index (χ1v) is 8.33. The molecule has 0 aliphatic carbocycles. The predicted molar refractivity (Wildman–Crippen MR) is 76.8 cm³/mol. The number of sulfone groups is 1. The van der Waals surface area contributed by atoms with Crippen LogP contribution in [-0.4, -0.2) is 36.0 Å². The fraction of sp³-hybridized carbons (Fsp3) is 0.286. The summed E-state index contributed by atoms with van der Waals surface area (Å²) in [7, 11) is -3.01. The smallest absolute Gasteiger partial charge is 0.166 e. The quantitative estimate of drug-likeness (QED) is 0.762. The standard InChI is InChI=1S/C14H16N2O3S/c1-20(18,19)9-5-8-14(17)12-10-15-16(11-12)13-6-3-2-4-7-13/h2-4,6-7,10-11H,5,8-9H2,1H3. The summed E-state index contributed by atoms with van der Waals surface area (Å²) in [6, 6.07) is 9.48. The summed E-state index contributed by atoms with van der Waals surface area (Å²) in [4.78, 5) is 11.9. The van der Waals surface area contributed by atoms with Gasteiger partial charge in [-0.2, -0.15) is 5.10 Å². The number of Topliss-reactive ketones (excluding diaryl/α,β-unsaturated/α-hetero) is 1. The third-order valence-electron chi connectivity index (χ3n) is 2.84. The molecule has 0 aliphatic rings. The van der Waals surface area contributed by atoms with Gasteiger partial charge in [-0.1, -0.05) is 18.2 Å². The van der Waals surface area contributed by atoms with Gasteiger partial charge in [0, 0.05) is 18.9 Å². The lowest BCUT2D eigenvalue weighted by Crippen LogP contribution is -2.06. The summed E-state index contributed by atoms with van der Waals surface area (Å²) in [6.07, 6.45) is 4.90. The van der Waals surface area contributed by atoms with E-state index in [2.05, 4.69) is 5.10 Å². The van der Waals surface area contributed by atoms with Gasteiger partial charge in [-0.3, -0.25) is 4.79 Å². The number of aromatic nitrogens is 2. The molecule has 2 aromatic rings. The fourth-order valence-electron chi connectivity index (χ4n) is 1.83. The summed E-state index contributed by atoms with van der Waals surface area (Å²) in [5.41, 5.74) is 1.38. The monoisotopic (exact) mass is 292 g/mol. The number of rotatable bonds is 6. The second-order valence-electron chi connectivity index (χ2n) is 4.67. The van der Waals surface area contributed by atoms with Crippen molar-refractivity contribution in [1.82, 2.24) is 9.78 Å². The minimum atomic E-state index is -3.01. The molecule has 0 N–H and O–H groups in total. The van der Waals surface area contributed by atoms with Gasteiger partial charge in [0.25, 0.3) is 0 Å². The third kappa shape index (κ3) is 4.03. The van der Waals surface area contributed by atoms with E-state index in [1.165, 1.54) is 12.5 Å². The number of carbonyl (C=O) groups excluding carboxylic acids is 1. The first-order valence-electron chi connectivity index (χ1n) is 6.27. The van der Waals surface area contributed by atoms with Crippen LogP contribution in [0.4, 0.5) is 0 Å². The highest BCUT2D eigenvalue weighted by Crippen LogP contribution is 2.10. The molecule has 0 saturated heterocycles. The summed E-state index contributed by atoms with van der Waals surface area (Å²) in [6.45, 7) is 0. The van der Waals surface area contributed by atoms with Crippen molar-refractivity contribution in [3.8, 4) is 5.69 Å². The molecule has 0 unspecified atom stereocenters. The van der Waals surface area contributed by atoms with Gasteiger partial charge in [-0.05, 0) is 18.6 Å². The zero-order valence-electron chi connectivity index (χ0n) is 11.2. The van der Waals surface area contributed by atoms with Crippen LogP contribution in [0.3, 0.4) is 0 Å². The van der Waals surface area contributed by atoms with Gasteiger partial charge in [0.15, 0.2) is 5.78 Å². The lowest BCUT2D eigenvalue weighted by molar-refractivity contribution is 0.0982. The van der Waals surface area contributed by atoms with Gasteiger partial charge < -0.3 is 0 Å². The van der Waals surface area contributed by atoms with Crippen molar-refractivity contribution in [2.75, 3.05) is 12.0 Å². The summed E-state index contributed by atoms with van der Waals surface area (Å²) in [5.74, 6) is -0.0539. The Bertz CT molecular complexity index is 690. The molecule has 106 valence electrons. The maximum absolute atomic E-state index is 11.9. The molecule has 0 bridgehead atoms. The van der Waals surface area contributed by atoms with Crippen LogP contribution in [0.5, 0.6) is 0 Å². The molecule has 1 aromatic carbocycles. The molecule has 0 atom stereocenters. The van der Waals surface area contributed by atoms with E-state index in [9.17, 15) is 13.2 Å². The van der Waals surface area contributed by atoms with Gasteiger partial charge in [0.2, 0.25) is 0 Å². The Morgan fingerprint density at radius 3 is 2.60 bits per heavy atom. The Morgan fingerprint density at radius 1 is 1.25 bits per heavy atom. The zero-order chi connectivity index (χ0) is 14.6. The highest BCUT2D eigenvalue weighted by Gasteiger charge is 2.11. The van der Waals surface area contributed by atoms with Crippen LogP contribution >= 0.6 is 0 Å². The van der Waals surface area contributed by atoms with E-state index in [0.717, 1.165) is 5.69 Å². The minimum Gasteiger partial charge on any atom is -0.294 e. The second-order valence-corrected chi connectivity index (χ2v) is 6.93. The molecule has 0 spiro atoms. The number of para-hydroxylation sites is 1. The highest BCUT2D eigenvalue weighted by atomic mass is 32.2. The minimum absolute atomic E-state index is 0.0333. The average molecular weight is 292 g/mol. The molecule has 0 aliphatic heterocycles. The summed E-state index contributed by atoms with van der Waals surface area (Å²) >= 11 is 0. The third-order valence-corrected chi connectivity index (χ3v) is 3.87. The van der Waals surface area contributed by atoms with E-state index < -0.39 is 9.84 Å². The molecule has 0 saturated carbocycles. The van der Waals surface area contributed by atoms with Crippen LogP contribution in [0.15, 0.2) is 42.7 Å². The highest BCUT2D eigenvalue weighted by molar-refractivity contribution is 7.90. The van der Waals surface area contributed by atoms with Crippen molar-refractivity contribution in [3.05, 3.63) is 48.3 Å². The SMILES string of the molecule is CS(=O)(=O)CCCC(=O)c1cnn(-c2ccccc2)c1. The lowest BCUT2D eigenvalue weighted by atomic mass is 10.1. The molecule has 6 heteroatoms. The van der Waals surface area contributed by atoms with Gasteiger partial charge in [0.05, 0.1) is 23.2 Å². The van der Waals surface area contributed by atoms with Crippen molar-refractivity contribution >= 4 is 15.6 Å². The number of nitrogens with zero attached hydrogens (tertiary/aromatic N) is 2. The van der Waals surface area contributed by atoms with E-state index in [1.54, 1.807) is 10.9 Å². The molecule has 0 amide bonds. The second kappa shape index (κ2) is 6.00. The van der Waals surface area contributed by atoms with Crippen LogP contribution in [0.25, 0.3) is 5.69 Å². The van der Waals surface area contributed by atoms with Gasteiger partial charge in [0.1, 0.15) is 9.84 Å². The Kier molecular flexibility index (Phi) is 4.34. The lowest BCUT2D eigenvalue weighted by Gasteiger charge is -1.99. The average Bonchev–Trinajstić information content (AvgIpc) is 2.88. The van der Waals surface area contributed by atoms with E-state index in [1.807, 2.05) is 30.3 Å². The van der Waals surface area contributed by atoms with Crippen LogP contribution in [0, 0.1) is 0 Å². The predicted octanol–water partition coefficient (Wildman–Crippen LogP) is 1.88. The van der Waals surface area contributed by atoms with Crippen LogP contribution in [0.1, 0.15) is 23.2 Å². The number of benzene rings is 1. The van der Waals surface area contributed by atoms with Crippen LogP contribution in [0.2, 0.25) is 0 Å². The van der Waals surface area contributed by atoms with Crippen molar-refractivity contribution < 1.29 is 13.2 Å². The first-order chi connectivity index (χ1) is 9.46. The van der Waals surface area contributed by atoms with Crippen molar-refractivity contribution in [2.24, 2.45) is 0 Å². The van der Waals surface area contributed by atoms with Gasteiger partial charge in [-0.25, -0.2) is 13.1 Å². The number of carbonyl (C=O) groups is 1. The summed E-state index contributed by atoms with van der Waals surface area (Å²) in [5, 5.41) is 4.14. The number of ketones is 1. The molecule has 2 rings (SSSR count). The van der Waals surface area contributed by atoms with E-state index in [0.29, 0.717) is 12.0 Å². The molecular weight excluding hydrogens is 276 g/mol. The Balaban J connectivity index is 2.00. The van der Waals surface area contributed by atoms with Crippen molar-refractivity contribution in [2.45, 2.75) is 12.8 Å². The largest absolute Gasteiger partial charge is 0.294 e. The fourth-order valence-corrected chi connectivity index (χ4v) is 2.50. The van der Waals surface area contributed by atoms with Crippen LogP contribution < -0.4 is 0 Å². The Hall–Kier alpha value is -1.95. The maximum atomic E-state index is 11.9. The molecule has 0 fully saturated rings. The Morgan fingerprint density at radius 2 is 1.95 bits per heavy atom. The summed E-state index contributed by atoms with van der Waals surface area (Å²) < 4.78 is 23.6.